The van der Waals surface area contributed by atoms with Gasteiger partial charge in [0.2, 0.25) is 5.91 Å². The van der Waals surface area contributed by atoms with Crippen molar-refractivity contribution in [3.63, 3.8) is 0 Å². The third-order valence-electron chi connectivity index (χ3n) is 6.15. The van der Waals surface area contributed by atoms with Crippen LogP contribution in [0.2, 0.25) is 0 Å². The fourth-order valence-electron chi connectivity index (χ4n) is 4.39. The number of carbonyl (C=O) groups is 1. The number of nitrogens with zero attached hydrogens (tertiary/aromatic N) is 3. The van der Waals surface area contributed by atoms with Crippen molar-refractivity contribution in [1.82, 2.24) is 20.4 Å². The van der Waals surface area contributed by atoms with Crippen molar-refractivity contribution < 1.29 is 13.9 Å². The maximum absolute atomic E-state index is 13.5. The van der Waals surface area contributed by atoms with Crippen molar-refractivity contribution in [3.8, 4) is 0 Å². The summed E-state index contributed by atoms with van der Waals surface area (Å²) in [6, 6.07) is 6.73. The summed E-state index contributed by atoms with van der Waals surface area (Å²) in [6.45, 7) is 10.8. The molecule has 2 heterocycles. The number of benzene rings is 1. The molecule has 2 saturated heterocycles. The van der Waals surface area contributed by atoms with Crippen LogP contribution in [0.1, 0.15) is 44.7 Å². The van der Waals surface area contributed by atoms with E-state index in [1.54, 1.807) is 0 Å². The van der Waals surface area contributed by atoms with Gasteiger partial charge in [-0.25, -0.2) is 4.39 Å². The molecule has 1 amide bonds. The van der Waals surface area contributed by atoms with E-state index in [9.17, 15) is 9.18 Å². The largest absolute Gasteiger partial charge is 0.379 e. The van der Waals surface area contributed by atoms with Gasteiger partial charge in [0.05, 0.1) is 25.8 Å². The van der Waals surface area contributed by atoms with Crippen LogP contribution in [0.5, 0.6) is 0 Å². The van der Waals surface area contributed by atoms with E-state index in [0.717, 1.165) is 44.7 Å². The molecule has 2 N–H and O–H groups in total. The zero-order valence-corrected chi connectivity index (χ0v) is 22.2. The Morgan fingerprint density at radius 3 is 2.61 bits per heavy atom. The predicted molar refractivity (Wildman–Crippen MR) is 141 cm³/mol. The molecule has 7 nitrogen and oxygen atoms in total. The molecule has 0 bridgehead atoms. The first kappa shape index (κ1) is 27.8. The summed E-state index contributed by atoms with van der Waals surface area (Å²) in [7, 11) is 0. The normalized spacial score (nSPS) is 20.6. The second-order valence-corrected chi connectivity index (χ2v) is 8.70. The number of guanidine groups is 1. The second kappa shape index (κ2) is 14.7. The van der Waals surface area contributed by atoms with Gasteiger partial charge in [-0.2, -0.15) is 0 Å². The van der Waals surface area contributed by atoms with Gasteiger partial charge in [-0.05, 0) is 43.4 Å². The molecule has 2 aliphatic heterocycles. The van der Waals surface area contributed by atoms with Crippen LogP contribution in [-0.4, -0.2) is 80.7 Å². The molecule has 2 fully saturated rings. The number of hydrogen-bond acceptors (Lipinski definition) is 4. The highest BCUT2D eigenvalue weighted by molar-refractivity contribution is 14.0. The fourth-order valence-corrected chi connectivity index (χ4v) is 4.39. The predicted octanol–water partition coefficient (Wildman–Crippen LogP) is 3.02. The number of aliphatic imine (C=N–C) groups is 1. The van der Waals surface area contributed by atoms with Gasteiger partial charge in [0.15, 0.2) is 5.96 Å². The Morgan fingerprint density at radius 1 is 1.21 bits per heavy atom. The number of morpholine rings is 1. The molecule has 2 unspecified atom stereocenters. The molecule has 0 radical (unpaired) electrons. The molecule has 33 heavy (non-hydrogen) atoms. The number of piperidine rings is 1. The van der Waals surface area contributed by atoms with Crippen molar-refractivity contribution in [1.29, 1.82) is 0 Å². The van der Waals surface area contributed by atoms with Crippen LogP contribution in [0, 0.1) is 11.7 Å². The smallest absolute Gasteiger partial charge is 0.224 e. The maximum atomic E-state index is 13.5. The molecule has 1 aromatic rings. The number of carbonyl (C=O) groups excluding carboxylic acids is 1. The molecular weight excluding hydrogens is 536 g/mol. The van der Waals surface area contributed by atoms with Gasteiger partial charge in [0, 0.05) is 45.7 Å². The Morgan fingerprint density at radius 2 is 1.94 bits per heavy atom. The molecule has 2 aliphatic rings. The molecule has 3 rings (SSSR count). The number of amides is 1. The van der Waals surface area contributed by atoms with E-state index in [2.05, 4.69) is 22.5 Å². The summed E-state index contributed by atoms with van der Waals surface area (Å²) in [6.07, 6.45) is 2.76. The van der Waals surface area contributed by atoms with Gasteiger partial charge >= 0.3 is 0 Å². The van der Waals surface area contributed by atoms with Gasteiger partial charge in [0.25, 0.3) is 0 Å². The summed E-state index contributed by atoms with van der Waals surface area (Å²) in [5, 5.41) is 6.58. The molecule has 0 aromatic heterocycles. The highest BCUT2D eigenvalue weighted by atomic mass is 127. The fraction of sp³-hybridized carbons (Fsp3) is 0.667. The minimum Gasteiger partial charge on any atom is -0.379 e. The van der Waals surface area contributed by atoms with Gasteiger partial charge in [-0.15, -0.1) is 24.0 Å². The van der Waals surface area contributed by atoms with Gasteiger partial charge in [-0.3, -0.25) is 14.7 Å². The lowest BCUT2D eigenvalue weighted by Crippen LogP contribution is -2.43. The van der Waals surface area contributed by atoms with E-state index < -0.39 is 0 Å². The lowest BCUT2D eigenvalue weighted by molar-refractivity contribution is -0.132. The quantitative estimate of drug-likeness (QED) is 0.284. The van der Waals surface area contributed by atoms with E-state index >= 15 is 0 Å². The van der Waals surface area contributed by atoms with E-state index in [4.69, 9.17) is 9.73 Å². The standard InChI is InChI=1S/C24H38FN5O2.HI/c1-3-26-24(27-11-10-23(31)30-12-4-5-19(2)18-30)28-17-22(29-13-15-32-16-14-29)20-6-8-21(25)9-7-20;/h6-9,19,22H,3-5,10-18H2,1-2H3,(H2,26,27,28);1H. The third kappa shape index (κ3) is 9.01. The maximum Gasteiger partial charge on any atom is 0.224 e. The zero-order chi connectivity index (χ0) is 22.8. The van der Waals surface area contributed by atoms with Crippen LogP contribution in [0.25, 0.3) is 0 Å². The molecule has 186 valence electrons. The molecular formula is C24H39FIN5O2. The summed E-state index contributed by atoms with van der Waals surface area (Å²) < 4.78 is 19.0. The molecule has 2 atom stereocenters. The Labute approximate surface area is 214 Å². The van der Waals surface area contributed by atoms with Crippen LogP contribution in [0.4, 0.5) is 4.39 Å². The highest BCUT2D eigenvalue weighted by Crippen LogP contribution is 2.23. The second-order valence-electron chi connectivity index (χ2n) is 8.70. The van der Waals surface area contributed by atoms with Gasteiger partial charge < -0.3 is 20.3 Å². The van der Waals surface area contributed by atoms with E-state index in [-0.39, 0.29) is 41.7 Å². The Hall–Kier alpha value is -1.46. The molecule has 1 aromatic carbocycles. The monoisotopic (exact) mass is 575 g/mol. The molecule has 9 heteroatoms. The van der Waals surface area contributed by atoms with E-state index in [1.165, 1.54) is 18.6 Å². The topological polar surface area (TPSA) is 69.2 Å². The zero-order valence-electron chi connectivity index (χ0n) is 19.9. The number of likely N-dealkylation sites (tertiary alicyclic amines) is 1. The lowest BCUT2D eigenvalue weighted by atomic mass is 10.00. The van der Waals surface area contributed by atoms with Gasteiger partial charge in [-0.1, -0.05) is 19.1 Å². The van der Waals surface area contributed by atoms with Gasteiger partial charge in [0.1, 0.15) is 5.82 Å². The summed E-state index contributed by atoms with van der Waals surface area (Å²) in [5.74, 6) is 1.26. The van der Waals surface area contributed by atoms with Crippen LogP contribution >= 0.6 is 24.0 Å². The average Bonchev–Trinajstić information content (AvgIpc) is 2.81. The summed E-state index contributed by atoms with van der Waals surface area (Å²) >= 11 is 0. The summed E-state index contributed by atoms with van der Waals surface area (Å²) in [4.78, 5) is 21.7. The van der Waals surface area contributed by atoms with Crippen LogP contribution in [0.3, 0.4) is 0 Å². The molecule has 0 spiro atoms. The molecule has 0 aliphatic carbocycles. The van der Waals surface area contributed by atoms with Crippen LogP contribution < -0.4 is 10.6 Å². The Kier molecular flexibility index (Phi) is 12.4. The summed E-state index contributed by atoms with van der Waals surface area (Å²) in [5.41, 5.74) is 1.04. The minimum absolute atomic E-state index is 0. The highest BCUT2D eigenvalue weighted by Gasteiger charge is 2.23. The Bertz CT molecular complexity index is 743. The average molecular weight is 576 g/mol. The Balaban J connectivity index is 0.00000385. The third-order valence-corrected chi connectivity index (χ3v) is 6.15. The number of ether oxygens (including phenoxy) is 1. The number of halogens is 2. The van der Waals surface area contributed by atoms with Crippen molar-refractivity contribution in [2.45, 2.75) is 39.2 Å². The lowest BCUT2D eigenvalue weighted by Gasteiger charge is -2.34. The van der Waals surface area contributed by atoms with Crippen molar-refractivity contribution in [3.05, 3.63) is 35.6 Å². The van der Waals surface area contributed by atoms with Crippen molar-refractivity contribution >= 4 is 35.8 Å². The van der Waals surface area contributed by atoms with Crippen molar-refractivity contribution in [2.24, 2.45) is 10.9 Å². The first-order valence-corrected chi connectivity index (χ1v) is 11.9. The number of hydrogen-bond donors (Lipinski definition) is 2. The SMILES string of the molecule is CCNC(=NCC(c1ccc(F)cc1)N1CCOCC1)NCCC(=O)N1CCCC(C)C1.I. The van der Waals surface area contributed by atoms with Crippen molar-refractivity contribution in [2.75, 3.05) is 59.0 Å². The molecule has 0 saturated carbocycles. The van der Waals surface area contributed by atoms with E-state index in [1.807, 2.05) is 24.0 Å². The van der Waals surface area contributed by atoms with E-state index in [0.29, 0.717) is 44.6 Å². The first-order chi connectivity index (χ1) is 15.6. The van der Waals surface area contributed by atoms with Crippen LogP contribution in [-0.2, 0) is 9.53 Å². The number of rotatable bonds is 8. The first-order valence-electron chi connectivity index (χ1n) is 11.9. The van der Waals surface area contributed by atoms with Crippen LogP contribution in [0.15, 0.2) is 29.3 Å². The number of nitrogens with one attached hydrogen (secondary N) is 2. The minimum atomic E-state index is -0.235.